The van der Waals surface area contributed by atoms with Crippen molar-refractivity contribution >= 4 is 0 Å². The largest absolute Gasteiger partial charge is 0.395 e. The summed E-state index contributed by atoms with van der Waals surface area (Å²) in [6.07, 6.45) is 10.5. The van der Waals surface area contributed by atoms with E-state index in [-0.39, 0.29) is 6.61 Å². The Morgan fingerprint density at radius 1 is 1.37 bits per heavy atom. The molecule has 108 valence electrons. The van der Waals surface area contributed by atoms with E-state index in [1.165, 1.54) is 32.1 Å². The van der Waals surface area contributed by atoms with Crippen molar-refractivity contribution in [3.05, 3.63) is 18.2 Å². The van der Waals surface area contributed by atoms with Crippen LogP contribution >= 0.6 is 0 Å². The fourth-order valence-electron chi connectivity index (χ4n) is 3.08. The van der Waals surface area contributed by atoms with Gasteiger partial charge in [0.2, 0.25) is 0 Å². The maximum absolute atomic E-state index is 9.31. The summed E-state index contributed by atoms with van der Waals surface area (Å²) < 4.78 is 2.23. The molecule has 1 fully saturated rings. The molecule has 0 spiro atoms. The lowest BCUT2D eigenvalue weighted by molar-refractivity contribution is 0.113. The second-order valence-corrected chi connectivity index (χ2v) is 5.83. The third-order valence-electron chi connectivity index (χ3n) is 4.13. The molecule has 2 rings (SSSR count). The summed E-state index contributed by atoms with van der Waals surface area (Å²) >= 11 is 0. The van der Waals surface area contributed by atoms with Crippen molar-refractivity contribution in [1.82, 2.24) is 14.5 Å². The van der Waals surface area contributed by atoms with Crippen LogP contribution in [0.25, 0.3) is 0 Å². The van der Waals surface area contributed by atoms with E-state index >= 15 is 0 Å². The topological polar surface area (TPSA) is 41.3 Å². The second-order valence-electron chi connectivity index (χ2n) is 5.83. The highest BCUT2D eigenvalue weighted by molar-refractivity contribution is 4.95. The van der Waals surface area contributed by atoms with Crippen molar-refractivity contribution in [1.29, 1.82) is 0 Å². The summed E-state index contributed by atoms with van der Waals surface area (Å²) in [6.45, 7) is 6.22. The van der Waals surface area contributed by atoms with Gasteiger partial charge in [0.05, 0.1) is 13.2 Å². The molecule has 4 nitrogen and oxygen atoms in total. The van der Waals surface area contributed by atoms with Gasteiger partial charge in [0.15, 0.2) is 0 Å². The summed E-state index contributed by atoms with van der Waals surface area (Å²) in [5.41, 5.74) is 0. The first-order valence-electron chi connectivity index (χ1n) is 7.59. The normalized spacial score (nSPS) is 17.5. The number of aliphatic hydroxyl groups is 1. The van der Waals surface area contributed by atoms with Crippen molar-refractivity contribution in [2.24, 2.45) is 0 Å². The summed E-state index contributed by atoms with van der Waals surface area (Å²) in [6, 6.07) is 1.07. The molecule has 1 aromatic heterocycles. The molecule has 0 atom stereocenters. The zero-order chi connectivity index (χ0) is 13.7. The van der Waals surface area contributed by atoms with Gasteiger partial charge in [-0.05, 0) is 26.7 Å². The van der Waals surface area contributed by atoms with Crippen LogP contribution in [-0.2, 0) is 6.54 Å². The molecular weight excluding hydrogens is 238 g/mol. The summed E-state index contributed by atoms with van der Waals surface area (Å²) in [7, 11) is 0. The number of imidazole rings is 1. The van der Waals surface area contributed by atoms with Gasteiger partial charge in [-0.2, -0.15) is 0 Å². The highest BCUT2D eigenvalue weighted by atomic mass is 16.3. The lowest BCUT2D eigenvalue weighted by atomic mass is 9.94. The number of nitrogens with zero attached hydrogens (tertiary/aromatic N) is 3. The number of hydrogen-bond acceptors (Lipinski definition) is 3. The lowest BCUT2D eigenvalue weighted by Gasteiger charge is -2.34. The van der Waals surface area contributed by atoms with E-state index in [4.69, 9.17) is 0 Å². The Kier molecular flexibility index (Phi) is 5.40. The minimum absolute atomic E-state index is 0.235. The van der Waals surface area contributed by atoms with Crippen molar-refractivity contribution < 1.29 is 5.11 Å². The van der Waals surface area contributed by atoms with Crippen LogP contribution in [0.15, 0.2) is 12.4 Å². The molecule has 0 unspecified atom stereocenters. The van der Waals surface area contributed by atoms with Gasteiger partial charge in [-0.3, -0.25) is 4.90 Å². The van der Waals surface area contributed by atoms with E-state index in [2.05, 4.69) is 34.5 Å². The van der Waals surface area contributed by atoms with E-state index in [0.29, 0.717) is 12.1 Å². The zero-order valence-electron chi connectivity index (χ0n) is 12.3. The highest BCUT2D eigenvalue weighted by Gasteiger charge is 2.22. The summed E-state index contributed by atoms with van der Waals surface area (Å²) in [5, 5.41) is 9.31. The Balaban J connectivity index is 2.04. The van der Waals surface area contributed by atoms with E-state index in [0.717, 1.165) is 18.9 Å². The van der Waals surface area contributed by atoms with Crippen LogP contribution in [0.1, 0.15) is 57.8 Å². The van der Waals surface area contributed by atoms with Gasteiger partial charge in [-0.25, -0.2) is 4.98 Å². The first-order chi connectivity index (χ1) is 9.22. The maximum atomic E-state index is 9.31. The Labute approximate surface area is 116 Å². The van der Waals surface area contributed by atoms with Gasteiger partial charge < -0.3 is 9.67 Å². The maximum Gasteiger partial charge on any atom is 0.123 e. The number of aliphatic hydroxyl groups excluding tert-OH is 1. The SMILES string of the molecule is CC(C)n1ccnc1CN(CCO)C1CCCCC1. The molecule has 0 aliphatic heterocycles. The Bertz CT molecular complexity index is 369. The monoisotopic (exact) mass is 265 g/mol. The van der Waals surface area contributed by atoms with E-state index in [9.17, 15) is 5.11 Å². The second kappa shape index (κ2) is 7.06. The molecule has 1 aromatic rings. The zero-order valence-corrected chi connectivity index (χ0v) is 12.3. The predicted molar refractivity (Wildman–Crippen MR) is 77.0 cm³/mol. The van der Waals surface area contributed by atoms with Gasteiger partial charge in [0.1, 0.15) is 5.82 Å². The van der Waals surface area contributed by atoms with Crippen LogP contribution < -0.4 is 0 Å². The molecule has 19 heavy (non-hydrogen) atoms. The molecular formula is C15H27N3O. The van der Waals surface area contributed by atoms with Crippen LogP contribution in [-0.4, -0.2) is 38.8 Å². The average molecular weight is 265 g/mol. The van der Waals surface area contributed by atoms with Gasteiger partial charge in [0.25, 0.3) is 0 Å². The molecule has 1 saturated carbocycles. The van der Waals surface area contributed by atoms with Crippen LogP contribution in [0.2, 0.25) is 0 Å². The third-order valence-corrected chi connectivity index (χ3v) is 4.13. The van der Waals surface area contributed by atoms with E-state index < -0.39 is 0 Å². The predicted octanol–water partition coefficient (Wildman–Crippen LogP) is 2.59. The molecule has 1 aliphatic carbocycles. The molecule has 0 radical (unpaired) electrons. The molecule has 1 aliphatic rings. The van der Waals surface area contributed by atoms with Gasteiger partial charge in [-0.15, -0.1) is 0 Å². The summed E-state index contributed by atoms with van der Waals surface area (Å²) in [5.74, 6) is 1.12. The number of aromatic nitrogens is 2. The lowest BCUT2D eigenvalue weighted by Crippen LogP contribution is -2.39. The first-order valence-corrected chi connectivity index (χ1v) is 7.59. The molecule has 4 heteroatoms. The van der Waals surface area contributed by atoms with Gasteiger partial charge in [-0.1, -0.05) is 19.3 Å². The molecule has 0 bridgehead atoms. The van der Waals surface area contributed by atoms with Gasteiger partial charge in [0, 0.05) is 31.0 Å². The smallest absolute Gasteiger partial charge is 0.123 e. The Morgan fingerprint density at radius 3 is 2.74 bits per heavy atom. The Morgan fingerprint density at radius 2 is 2.11 bits per heavy atom. The van der Waals surface area contributed by atoms with Crippen molar-refractivity contribution in [3.63, 3.8) is 0 Å². The van der Waals surface area contributed by atoms with Crippen molar-refractivity contribution in [2.45, 2.75) is 64.6 Å². The third kappa shape index (κ3) is 3.80. The molecule has 1 N–H and O–H groups in total. The quantitative estimate of drug-likeness (QED) is 0.859. The Hall–Kier alpha value is -0.870. The van der Waals surface area contributed by atoms with Crippen molar-refractivity contribution in [3.8, 4) is 0 Å². The molecule has 0 aromatic carbocycles. The fraction of sp³-hybridized carbons (Fsp3) is 0.800. The van der Waals surface area contributed by atoms with Crippen LogP contribution in [0.5, 0.6) is 0 Å². The number of hydrogen-bond donors (Lipinski definition) is 1. The fourth-order valence-corrected chi connectivity index (χ4v) is 3.08. The standard InChI is InChI=1S/C15H27N3O/c1-13(2)18-9-8-16-15(18)12-17(10-11-19)14-6-4-3-5-7-14/h8-9,13-14,19H,3-7,10-12H2,1-2H3. The average Bonchev–Trinajstić information content (AvgIpc) is 2.88. The van der Waals surface area contributed by atoms with Gasteiger partial charge >= 0.3 is 0 Å². The van der Waals surface area contributed by atoms with Crippen LogP contribution in [0.3, 0.4) is 0 Å². The minimum Gasteiger partial charge on any atom is -0.395 e. The first kappa shape index (κ1) is 14.5. The van der Waals surface area contributed by atoms with Crippen LogP contribution in [0.4, 0.5) is 0 Å². The molecule has 1 heterocycles. The molecule has 0 amide bonds. The highest BCUT2D eigenvalue weighted by Crippen LogP contribution is 2.24. The molecule has 0 saturated heterocycles. The summed E-state index contributed by atoms with van der Waals surface area (Å²) in [4.78, 5) is 6.91. The van der Waals surface area contributed by atoms with E-state index in [1.807, 2.05) is 6.20 Å². The minimum atomic E-state index is 0.235. The van der Waals surface area contributed by atoms with Crippen LogP contribution in [0, 0.1) is 0 Å². The van der Waals surface area contributed by atoms with Crippen molar-refractivity contribution in [2.75, 3.05) is 13.2 Å². The van der Waals surface area contributed by atoms with E-state index in [1.54, 1.807) is 0 Å². The number of rotatable bonds is 6.